The summed E-state index contributed by atoms with van der Waals surface area (Å²) in [4.78, 5) is 11.6. The van der Waals surface area contributed by atoms with Gasteiger partial charge in [-0.3, -0.25) is 4.79 Å². The van der Waals surface area contributed by atoms with Crippen molar-refractivity contribution in [3.8, 4) is 0 Å². The summed E-state index contributed by atoms with van der Waals surface area (Å²) in [5.41, 5.74) is -1.30. The Labute approximate surface area is 138 Å². The summed E-state index contributed by atoms with van der Waals surface area (Å²) in [6, 6.07) is -0.711. The van der Waals surface area contributed by atoms with E-state index in [0.29, 0.717) is 0 Å². The lowest BCUT2D eigenvalue weighted by molar-refractivity contribution is -0.263. The highest BCUT2D eigenvalue weighted by atomic mass is 16.6. The quantitative estimate of drug-likeness (QED) is 0.666. The highest BCUT2D eigenvalue weighted by molar-refractivity contribution is 5.73. The number of aliphatic hydroxyl groups is 2. The van der Waals surface area contributed by atoms with Gasteiger partial charge in [0.25, 0.3) is 0 Å². The fourth-order valence-electron chi connectivity index (χ4n) is 2.76. The summed E-state index contributed by atoms with van der Waals surface area (Å²) in [7, 11) is 1.53. The van der Waals surface area contributed by atoms with Crippen LogP contribution in [0.5, 0.6) is 0 Å². The first-order valence-corrected chi connectivity index (χ1v) is 7.87. The molecule has 0 aromatic carbocycles. The molecule has 1 aliphatic rings. The Morgan fingerprint density at radius 1 is 1.26 bits per heavy atom. The van der Waals surface area contributed by atoms with Crippen LogP contribution in [-0.4, -0.2) is 71.5 Å². The SMILES string of the molecule is COC(C)(C)C1OC(CO)C(OC(C)(C)C)C(O)C1NC(C)=O. The molecule has 1 aliphatic heterocycles. The molecule has 0 aromatic heterocycles. The van der Waals surface area contributed by atoms with Crippen molar-refractivity contribution in [1.82, 2.24) is 5.32 Å². The Morgan fingerprint density at radius 3 is 2.22 bits per heavy atom. The first-order chi connectivity index (χ1) is 10.4. The summed E-state index contributed by atoms with van der Waals surface area (Å²) >= 11 is 0. The Kier molecular flexibility index (Phi) is 6.57. The maximum atomic E-state index is 11.6. The van der Waals surface area contributed by atoms with Gasteiger partial charge < -0.3 is 29.7 Å². The molecule has 1 amide bonds. The molecule has 23 heavy (non-hydrogen) atoms. The Balaban J connectivity index is 3.15. The molecule has 0 saturated carbocycles. The monoisotopic (exact) mass is 333 g/mol. The van der Waals surface area contributed by atoms with Gasteiger partial charge in [0.1, 0.15) is 24.4 Å². The lowest BCUT2D eigenvalue weighted by atomic mass is 9.84. The fourth-order valence-corrected chi connectivity index (χ4v) is 2.76. The van der Waals surface area contributed by atoms with Crippen LogP contribution in [0.25, 0.3) is 0 Å². The standard InChI is InChI=1S/C16H31NO6/c1-9(19)17-11-12(20)13(23-15(2,3)4)10(8-18)22-14(11)16(5,6)21-7/h10-14,18,20H,8H2,1-7H3,(H,17,19). The van der Waals surface area contributed by atoms with Crippen molar-refractivity contribution in [2.75, 3.05) is 13.7 Å². The molecule has 1 saturated heterocycles. The first kappa shape index (κ1) is 20.3. The average Bonchev–Trinajstić information content (AvgIpc) is 2.41. The topological polar surface area (TPSA) is 97.2 Å². The number of methoxy groups -OCH3 is 1. The minimum absolute atomic E-state index is 0.286. The average molecular weight is 333 g/mol. The summed E-state index contributed by atoms with van der Waals surface area (Å²) in [5, 5.41) is 23.2. The van der Waals surface area contributed by atoms with Crippen molar-refractivity contribution >= 4 is 5.91 Å². The number of nitrogens with one attached hydrogen (secondary N) is 1. The number of hydrogen-bond donors (Lipinski definition) is 3. The van der Waals surface area contributed by atoms with Crippen LogP contribution in [0.1, 0.15) is 41.5 Å². The van der Waals surface area contributed by atoms with Crippen LogP contribution in [0.4, 0.5) is 0 Å². The zero-order valence-electron chi connectivity index (χ0n) is 15.1. The molecule has 136 valence electrons. The van der Waals surface area contributed by atoms with E-state index in [-0.39, 0.29) is 12.5 Å². The van der Waals surface area contributed by atoms with E-state index in [1.165, 1.54) is 14.0 Å². The molecule has 1 heterocycles. The molecular weight excluding hydrogens is 302 g/mol. The molecule has 0 bridgehead atoms. The fraction of sp³-hybridized carbons (Fsp3) is 0.938. The predicted octanol–water partition coefficient (Wildman–Crippen LogP) is 0.220. The summed E-state index contributed by atoms with van der Waals surface area (Å²) < 4.78 is 17.3. The van der Waals surface area contributed by atoms with Gasteiger partial charge in [-0.05, 0) is 34.6 Å². The minimum Gasteiger partial charge on any atom is -0.394 e. The van der Waals surface area contributed by atoms with Crippen LogP contribution in [-0.2, 0) is 19.0 Å². The van der Waals surface area contributed by atoms with E-state index in [2.05, 4.69) is 5.32 Å². The largest absolute Gasteiger partial charge is 0.394 e. The van der Waals surface area contributed by atoms with E-state index in [1.54, 1.807) is 13.8 Å². The molecule has 0 aliphatic carbocycles. The highest BCUT2D eigenvalue weighted by Crippen LogP contribution is 2.33. The Hall–Kier alpha value is -0.730. The normalized spacial score (nSPS) is 32.7. The van der Waals surface area contributed by atoms with E-state index < -0.39 is 41.7 Å². The van der Waals surface area contributed by atoms with Crippen LogP contribution in [0.2, 0.25) is 0 Å². The zero-order valence-corrected chi connectivity index (χ0v) is 15.1. The van der Waals surface area contributed by atoms with E-state index in [9.17, 15) is 15.0 Å². The molecule has 0 aromatic rings. The van der Waals surface area contributed by atoms with Gasteiger partial charge in [-0.2, -0.15) is 0 Å². The Bertz CT molecular complexity index is 406. The van der Waals surface area contributed by atoms with Gasteiger partial charge in [0.2, 0.25) is 5.91 Å². The third-order valence-corrected chi connectivity index (χ3v) is 3.97. The smallest absolute Gasteiger partial charge is 0.217 e. The van der Waals surface area contributed by atoms with E-state index >= 15 is 0 Å². The third kappa shape index (κ3) is 5.12. The number of hydrogen-bond acceptors (Lipinski definition) is 6. The van der Waals surface area contributed by atoms with Crippen LogP contribution < -0.4 is 5.32 Å². The molecule has 5 atom stereocenters. The maximum Gasteiger partial charge on any atom is 0.217 e. The number of rotatable bonds is 5. The number of aliphatic hydroxyl groups excluding tert-OH is 2. The number of carbonyl (C=O) groups is 1. The van der Waals surface area contributed by atoms with Crippen molar-refractivity contribution in [3.63, 3.8) is 0 Å². The maximum absolute atomic E-state index is 11.6. The van der Waals surface area contributed by atoms with E-state index in [4.69, 9.17) is 14.2 Å². The van der Waals surface area contributed by atoms with Crippen molar-refractivity contribution < 1.29 is 29.2 Å². The second kappa shape index (κ2) is 7.44. The lowest BCUT2D eigenvalue weighted by Gasteiger charge is -2.50. The van der Waals surface area contributed by atoms with Gasteiger partial charge in [0.05, 0.1) is 23.9 Å². The van der Waals surface area contributed by atoms with Gasteiger partial charge in [-0.25, -0.2) is 0 Å². The molecule has 7 nitrogen and oxygen atoms in total. The second-order valence-corrected chi connectivity index (χ2v) is 7.50. The molecule has 3 N–H and O–H groups in total. The molecular formula is C16H31NO6. The molecule has 7 heteroatoms. The summed E-state index contributed by atoms with van der Waals surface area (Å²) in [6.45, 7) is 10.2. The predicted molar refractivity (Wildman–Crippen MR) is 85.1 cm³/mol. The molecule has 5 unspecified atom stereocenters. The van der Waals surface area contributed by atoms with E-state index in [0.717, 1.165) is 0 Å². The van der Waals surface area contributed by atoms with Crippen LogP contribution in [0.15, 0.2) is 0 Å². The zero-order chi connectivity index (χ0) is 18.0. The molecule has 0 radical (unpaired) electrons. The lowest BCUT2D eigenvalue weighted by Crippen LogP contribution is -2.69. The van der Waals surface area contributed by atoms with Crippen molar-refractivity contribution in [2.45, 2.75) is 83.2 Å². The van der Waals surface area contributed by atoms with Gasteiger partial charge in [0.15, 0.2) is 0 Å². The van der Waals surface area contributed by atoms with Gasteiger partial charge >= 0.3 is 0 Å². The van der Waals surface area contributed by atoms with Crippen LogP contribution in [0, 0.1) is 0 Å². The second-order valence-electron chi connectivity index (χ2n) is 7.50. The highest BCUT2D eigenvalue weighted by Gasteiger charge is 2.52. The van der Waals surface area contributed by atoms with Gasteiger partial charge in [-0.15, -0.1) is 0 Å². The van der Waals surface area contributed by atoms with Crippen LogP contribution >= 0.6 is 0 Å². The van der Waals surface area contributed by atoms with Crippen LogP contribution in [0.3, 0.4) is 0 Å². The number of amides is 1. The third-order valence-electron chi connectivity index (χ3n) is 3.97. The van der Waals surface area contributed by atoms with Crippen molar-refractivity contribution in [2.24, 2.45) is 0 Å². The first-order valence-electron chi connectivity index (χ1n) is 7.87. The molecule has 1 rings (SSSR count). The summed E-state index contributed by atoms with van der Waals surface area (Å²) in [6.07, 6.45) is -3.15. The summed E-state index contributed by atoms with van der Waals surface area (Å²) in [5.74, 6) is -0.286. The number of carbonyl (C=O) groups excluding carboxylic acids is 1. The van der Waals surface area contributed by atoms with Crippen molar-refractivity contribution in [1.29, 1.82) is 0 Å². The molecule has 1 fully saturated rings. The van der Waals surface area contributed by atoms with Gasteiger partial charge in [0, 0.05) is 14.0 Å². The Morgan fingerprint density at radius 2 is 1.83 bits per heavy atom. The van der Waals surface area contributed by atoms with E-state index in [1.807, 2.05) is 20.8 Å². The minimum atomic E-state index is -1.04. The van der Waals surface area contributed by atoms with Crippen molar-refractivity contribution in [3.05, 3.63) is 0 Å². The molecule has 0 spiro atoms. The number of ether oxygens (including phenoxy) is 3. The van der Waals surface area contributed by atoms with Gasteiger partial charge in [-0.1, -0.05) is 0 Å².